The van der Waals surface area contributed by atoms with Gasteiger partial charge in [0.05, 0.1) is 0 Å². The zero-order valence-electron chi connectivity index (χ0n) is 11.5. The Bertz CT molecular complexity index is 458. The summed E-state index contributed by atoms with van der Waals surface area (Å²) in [4.78, 5) is 24.9. The van der Waals surface area contributed by atoms with Gasteiger partial charge < -0.3 is 15.3 Å². The van der Waals surface area contributed by atoms with Crippen molar-refractivity contribution in [2.75, 3.05) is 19.0 Å². The summed E-state index contributed by atoms with van der Waals surface area (Å²) >= 11 is 0. The molecule has 5 heteroatoms. The predicted molar refractivity (Wildman–Crippen MR) is 74.6 cm³/mol. The van der Waals surface area contributed by atoms with Gasteiger partial charge in [-0.05, 0) is 24.6 Å². The van der Waals surface area contributed by atoms with E-state index in [1.807, 2.05) is 32.0 Å². The van der Waals surface area contributed by atoms with Crippen LogP contribution in [0.1, 0.15) is 30.1 Å². The van der Waals surface area contributed by atoms with E-state index in [0.717, 1.165) is 5.69 Å². The molecule has 2 N–H and O–H groups in total. The Morgan fingerprint density at radius 2 is 2.05 bits per heavy atom. The molecule has 1 atom stereocenters. The van der Waals surface area contributed by atoms with Gasteiger partial charge in [-0.25, -0.2) is 4.79 Å². The zero-order chi connectivity index (χ0) is 14.4. The molecule has 0 heterocycles. The van der Waals surface area contributed by atoms with Crippen LogP contribution < -0.4 is 10.2 Å². The second-order valence-corrected chi connectivity index (χ2v) is 4.60. The Labute approximate surface area is 113 Å². The van der Waals surface area contributed by atoms with Gasteiger partial charge in [0.1, 0.15) is 6.04 Å². The summed E-state index contributed by atoms with van der Waals surface area (Å²) in [6, 6.07) is 6.24. The van der Waals surface area contributed by atoms with Crippen LogP contribution in [-0.4, -0.2) is 37.1 Å². The molecule has 0 radical (unpaired) electrons. The highest BCUT2D eigenvalue weighted by Crippen LogP contribution is 2.13. The quantitative estimate of drug-likeness (QED) is 0.821. The van der Waals surface area contributed by atoms with Crippen LogP contribution in [0.5, 0.6) is 0 Å². The molecule has 0 unspecified atom stereocenters. The fraction of sp³-hybridized carbons (Fsp3) is 0.429. The first-order valence-corrected chi connectivity index (χ1v) is 6.26. The zero-order valence-corrected chi connectivity index (χ0v) is 11.5. The maximum atomic E-state index is 12.0. The average Bonchev–Trinajstić information content (AvgIpc) is 2.38. The van der Waals surface area contributed by atoms with Gasteiger partial charge in [-0.1, -0.05) is 19.4 Å². The topological polar surface area (TPSA) is 69.6 Å². The summed E-state index contributed by atoms with van der Waals surface area (Å²) in [5.41, 5.74) is 1.36. The van der Waals surface area contributed by atoms with Crippen molar-refractivity contribution in [3.05, 3.63) is 29.8 Å². The summed E-state index contributed by atoms with van der Waals surface area (Å²) < 4.78 is 0. The van der Waals surface area contributed by atoms with Crippen LogP contribution in [0.15, 0.2) is 24.3 Å². The molecular formula is C14H20N2O3. The van der Waals surface area contributed by atoms with Crippen LogP contribution in [0, 0.1) is 0 Å². The number of hydrogen-bond acceptors (Lipinski definition) is 3. The second kappa shape index (κ2) is 6.78. The first-order chi connectivity index (χ1) is 8.95. The molecule has 1 rings (SSSR count). The number of nitrogens with one attached hydrogen (secondary N) is 1. The molecule has 0 aliphatic carbocycles. The fourth-order valence-electron chi connectivity index (χ4n) is 1.71. The molecule has 5 nitrogen and oxygen atoms in total. The van der Waals surface area contributed by atoms with Crippen LogP contribution in [0.3, 0.4) is 0 Å². The lowest BCUT2D eigenvalue weighted by Gasteiger charge is -2.16. The largest absolute Gasteiger partial charge is 0.480 e. The third-order valence-electron chi connectivity index (χ3n) is 2.81. The highest BCUT2D eigenvalue weighted by Gasteiger charge is 2.19. The third kappa shape index (κ3) is 4.28. The van der Waals surface area contributed by atoms with Crippen molar-refractivity contribution in [1.82, 2.24) is 5.32 Å². The Hall–Kier alpha value is -2.04. The SMILES string of the molecule is CCC[C@@H](NC(=O)c1cccc(N(C)C)c1)C(=O)O. The Morgan fingerprint density at radius 1 is 1.37 bits per heavy atom. The molecule has 0 spiro atoms. The normalized spacial score (nSPS) is 11.7. The van der Waals surface area contributed by atoms with E-state index in [1.54, 1.807) is 18.2 Å². The third-order valence-corrected chi connectivity index (χ3v) is 2.81. The van der Waals surface area contributed by atoms with E-state index >= 15 is 0 Å². The number of hydrogen-bond donors (Lipinski definition) is 2. The summed E-state index contributed by atoms with van der Waals surface area (Å²) in [6.07, 6.45) is 1.13. The highest BCUT2D eigenvalue weighted by atomic mass is 16.4. The monoisotopic (exact) mass is 264 g/mol. The fourth-order valence-corrected chi connectivity index (χ4v) is 1.71. The van der Waals surface area contributed by atoms with Crippen LogP contribution in [0.25, 0.3) is 0 Å². The van der Waals surface area contributed by atoms with E-state index in [2.05, 4.69) is 5.32 Å². The molecular weight excluding hydrogens is 244 g/mol. The molecule has 1 aromatic rings. The van der Waals surface area contributed by atoms with E-state index < -0.39 is 12.0 Å². The Kier molecular flexibility index (Phi) is 5.36. The van der Waals surface area contributed by atoms with E-state index in [4.69, 9.17) is 5.11 Å². The summed E-state index contributed by atoms with van der Waals surface area (Å²) in [5, 5.41) is 11.6. The van der Waals surface area contributed by atoms with Gasteiger partial charge in [0.25, 0.3) is 5.91 Å². The van der Waals surface area contributed by atoms with Crippen molar-refractivity contribution >= 4 is 17.6 Å². The minimum Gasteiger partial charge on any atom is -0.480 e. The van der Waals surface area contributed by atoms with Crippen LogP contribution in [-0.2, 0) is 4.79 Å². The van der Waals surface area contributed by atoms with E-state index in [0.29, 0.717) is 18.4 Å². The number of anilines is 1. The average molecular weight is 264 g/mol. The number of rotatable bonds is 6. The predicted octanol–water partition coefficient (Wildman–Crippen LogP) is 1.74. The van der Waals surface area contributed by atoms with Gasteiger partial charge in [-0.3, -0.25) is 4.79 Å². The van der Waals surface area contributed by atoms with E-state index in [9.17, 15) is 9.59 Å². The van der Waals surface area contributed by atoms with Crippen molar-refractivity contribution in [2.24, 2.45) is 0 Å². The lowest BCUT2D eigenvalue weighted by atomic mass is 10.1. The van der Waals surface area contributed by atoms with Crippen LogP contribution >= 0.6 is 0 Å². The summed E-state index contributed by atoms with van der Waals surface area (Å²) in [6.45, 7) is 1.88. The molecule has 0 aliphatic heterocycles. The standard InChI is InChI=1S/C14H20N2O3/c1-4-6-12(14(18)19)15-13(17)10-7-5-8-11(9-10)16(2)3/h5,7-9,12H,4,6H2,1-3H3,(H,15,17)(H,18,19)/t12-/m1/s1. The number of aliphatic carboxylic acids is 1. The maximum Gasteiger partial charge on any atom is 0.326 e. The Morgan fingerprint density at radius 3 is 2.58 bits per heavy atom. The van der Waals surface area contributed by atoms with Crippen LogP contribution in [0.2, 0.25) is 0 Å². The highest BCUT2D eigenvalue weighted by molar-refractivity contribution is 5.97. The van der Waals surface area contributed by atoms with Crippen molar-refractivity contribution in [3.63, 3.8) is 0 Å². The smallest absolute Gasteiger partial charge is 0.326 e. The molecule has 1 aromatic carbocycles. The molecule has 1 amide bonds. The molecule has 0 aromatic heterocycles. The lowest BCUT2D eigenvalue weighted by molar-refractivity contribution is -0.139. The number of carboxylic acids is 1. The van der Waals surface area contributed by atoms with Gasteiger partial charge in [-0.15, -0.1) is 0 Å². The van der Waals surface area contributed by atoms with E-state index in [-0.39, 0.29) is 5.91 Å². The second-order valence-electron chi connectivity index (χ2n) is 4.60. The first kappa shape index (κ1) is 15.0. The number of nitrogens with zero attached hydrogens (tertiary/aromatic N) is 1. The molecule has 19 heavy (non-hydrogen) atoms. The maximum absolute atomic E-state index is 12.0. The number of benzene rings is 1. The van der Waals surface area contributed by atoms with Crippen molar-refractivity contribution < 1.29 is 14.7 Å². The van der Waals surface area contributed by atoms with Crippen LogP contribution in [0.4, 0.5) is 5.69 Å². The minimum atomic E-state index is -1.00. The summed E-state index contributed by atoms with van der Waals surface area (Å²) in [7, 11) is 3.77. The molecule has 0 saturated carbocycles. The number of amides is 1. The van der Waals surface area contributed by atoms with Gasteiger partial charge in [0.2, 0.25) is 0 Å². The van der Waals surface area contributed by atoms with Crippen molar-refractivity contribution in [3.8, 4) is 0 Å². The van der Waals surface area contributed by atoms with Crippen molar-refractivity contribution in [2.45, 2.75) is 25.8 Å². The number of carboxylic acid groups (broad SMARTS) is 1. The number of carbonyl (C=O) groups is 2. The Balaban J connectivity index is 2.82. The van der Waals surface area contributed by atoms with Crippen molar-refractivity contribution in [1.29, 1.82) is 0 Å². The van der Waals surface area contributed by atoms with Gasteiger partial charge in [-0.2, -0.15) is 0 Å². The molecule has 0 aliphatic rings. The van der Waals surface area contributed by atoms with Gasteiger partial charge in [0, 0.05) is 25.3 Å². The molecule has 0 fully saturated rings. The molecule has 0 saturated heterocycles. The molecule has 0 bridgehead atoms. The number of carbonyl (C=O) groups excluding carboxylic acids is 1. The van der Waals surface area contributed by atoms with Gasteiger partial charge in [0.15, 0.2) is 0 Å². The minimum absolute atomic E-state index is 0.357. The first-order valence-electron chi connectivity index (χ1n) is 6.26. The molecule has 104 valence electrons. The van der Waals surface area contributed by atoms with E-state index in [1.165, 1.54) is 0 Å². The van der Waals surface area contributed by atoms with Gasteiger partial charge >= 0.3 is 5.97 Å². The lowest BCUT2D eigenvalue weighted by Crippen LogP contribution is -2.40. The summed E-state index contributed by atoms with van der Waals surface area (Å²) in [5.74, 6) is -1.36.